The Morgan fingerprint density at radius 2 is 1.52 bits per heavy atom. The number of rotatable bonds is 2. The van der Waals surface area contributed by atoms with Crippen molar-refractivity contribution in [1.82, 2.24) is 0 Å². The fraction of sp³-hybridized carbons (Fsp3) is 0.579. The van der Waals surface area contributed by atoms with E-state index >= 15 is 0 Å². The number of nitrogens with zero attached hydrogens (tertiary/aromatic N) is 1. The number of benzene rings is 1. The van der Waals surface area contributed by atoms with Crippen molar-refractivity contribution < 1.29 is 0 Å². The molecule has 4 aliphatic carbocycles. The summed E-state index contributed by atoms with van der Waals surface area (Å²) >= 11 is 0. The van der Waals surface area contributed by atoms with Crippen LogP contribution in [0.3, 0.4) is 0 Å². The van der Waals surface area contributed by atoms with Gasteiger partial charge in [0, 0.05) is 5.69 Å². The molecule has 5 rings (SSSR count). The quantitative estimate of drug-likeness (QED) is 0.418. The van der Waals surface area contributed by atoms with E-state index in [9.17, 15) is 0 Å². The van der Waals surface area contributed by atoms with Crippen molar-refractivity contribution >= 4 is 17.6 Å². The van der Waals surface area contributed by atoms with Crippen LogP contribution in [0, 0.1) is 30.1 Å². The van der Waals surface area contributed by atoms with Gasteiger partial charge >= 0.3 is 0 Å². The molecule has 0 radical (unpaired) electrons. The van der Waals surface area contributed by atoms with Gasteiger partial charge in [-0.15, -0.1) is 0 Å². The van der Waals surface area contributed by atoms with Gasteiger partial charge in [0.05, 0.1) is 5.54 Å². The summed E-state index contributed by atoms with van der Waals surface area (Å²) in [7, 11) is 0. The molecule has 0 saturated heterocycles. The molecule has 0 heterocycles. The lowest BCUT2D eigenvalue weighted by atomic mass is 9.53. The van der Waals surface area contributed by atoms with Gasteiger partial charge in [0.2, 0.25) is 0 Å². The highest BCUT2D eigenvalue weighted by Gasteiger charge is 2.51. The summed E-state index contributed by atoms with van der Waals surface area (Å²) in [6.07, 6.45) is 8.11. The second-order valence-corrected chi connectivity index (χ2v) is 8.03. The molecule has 0 amide bonds. The van der Waals surface area contributed by atoms with Crippen LogP contribution in [0.15, 0.2) is 29.3 Å². The Balaban J connectivity index is 0.000000415. The first-order valence-corrected chi connectivity index (χ1v) is 9.13. The molecule has 0 spiro atoms. The van der Waals surface area contributed by atoms with Gasteiger partial charge in [-0.25, -0.2) is 4.99 Å². The van der Waals surface area contributed by atoms with Crippen molar-refractivity contribution in [2.45, 2.75) is 51.0 Å². The van der Waals surface area contributed by atoms with Gasteiger partial charge < -0.3 is 22.5 Å². The molecule has 0 unspecified atom stereocenters. The number of hydrogen-bond acceptors (Lipinski definition) is 2. The van der Waals surface area contributed by atoms with Gasteiger partial charge in [0.15, 0.2) is 11.9 Å². The number of guanidine groups is 2. The summed E-state index contributed by atoms with van der Waals surface area (Å²) in [6, 6.07) is 8.25. The van der Waals surface area contributed by atoms with E-state index < -0.39 is 0 Å². The highest BCUT2D eigenvalue weighted by atomic mass is 15.1. The van der Waals surface area contributed by atoms with Crippen molar-refractivity contribution in [3.63, 3.8) is 0 Å². The minimum absolute atomic E-state index is 0.147. The minimum atomic E-state index is -0.333. The average Bonchev–Trinajstić information content (AvgIpc) is 2.47. The summed E-state index contributed by atoms with van der Waals surface area (Å²) in [5.41, 5.74) is 17.6. The number of aryl methyl sites for hydroxylation is 1. The summed E-state index contributed by atoms with van der Waals surface area (Å²) < 4.78 is 0. The Morgan fingerprint density at radius 1 is 1.04 bits per heavy atom. The third-order valence-electron chi connectivity index (χ3n) is 5.77. The minimum Gasteiger partial charge on any atom is -0.370 e. The maximum atomic E-state index is 6.23. The number of para-hydroxylation sites is 1. The van der Waals surface area contributed by atoms with Gasteiger partial charge in [-0.3, -0.25) is 5.41 Å². The fourth-order valence-electron chi connectivity index (χ4n) is 5.34. The molecule has 136 valence electrons. The smallest absolute Gasteiger partial charge is 0.193 e. The van der Waals surface area contributed by atoms with E-state index in [0.717, 1.165) is 23.4 Å². The molecule has 25 heavy (non-hydrogen) atoms. The molecule has 1 aromatic carbocycles. The lowest BCUT2D eigenvalue weighted by molar-refractivity contribution is 0.00163. The zero-order valence-electron chi connectivity index (χ0n) is 15.0. The first kappa shape index (κ1) is 17.6. The lowest BCUT2D eigenvalue weighted by Gasteiger charge is -2.54. The molecule has 0 atom stereocenters. The van der Waals surface area contributed by atoms with Crippen LogP contribution in [0.2, 0.25) is 0 Å². The van der Waals surface area contributed by atoms with Crippen LogP contribution in [-0.2, 0) is 0 Å². The van der Waals surface area contributed by atoms with Crippen LogP contribution in [0.4, 0.5) is 5.69 Å². The molecule has 0 aromatic heterocycles. The molecule has 0 aliphatic heterocycles. The molecule has 6 heteroatoms. The first-order valence-electron chi connectivity index (χ1n) is 9.13. The molecule has 4 saturated carbocycles. The standard InChI is InChI=1S/C18H25N3.CH5N3/c1-12-4-2-3-5-16(12)20-17(19)21-18-9-13-6-14(10-18)8-15(7-13)11-18;2-1(3)4/h2-5,13-15H,6-11H2,1H3,(H3,19,20,21);(H5,2,3,4). The Labute approximate surface area is 149 Å². The molecular formula is C19H30N6. The third kappa shape index (κ3) is 4.24. The van der Waals surface area contributed by atoms with Crippen LogP contribution in [0.25, 0.3) is 0 Å². The van der Waals surface area contributed by atoms with Crippen LogP contribution in [0.5, 0.6) is 0 Å². The number of anilines is 1. The van der Waals surface area contributed by atoms with Gasteiger partial charge in [0.25, 0.3) is 0 Å². The van der Waals surface area contributed by atoms with Crippen molar-refractivity contribution in [3.8, 4) is 0 Å². The second-order valence-electron chi connectivity index (χ2n) is 8.03. The Kier molecular flexibility index (Phi) is 4.88. The highest BCUT2D eigenvalue weighted by molar-refractivity contribution is 5.93. The van der Waals surface area contributed by atoms with E-state index in [4.69, 9.17) is 16.1 Å². The molecular weight excluding hydrogens is 312 g/mol. The largest absolute Gasteiger partial charge is 0.370 e. The van der Waals surface area contributed by atoms with E-state index in [-0.39, 0.29) is 11.5 Å². The summed E-state index contributed by atoms with van der Waals surface area (Å²) in [5.74, 6) is 3.00. The maximum absolute atomic E-state index is 6.23. The van der Waals surface area contributed by atoms with E-state index in [1.165, 1.54) is 44.1 Å². The number of nitrogens with two attached hydrogens (primary N) is 3. The number of hydrogen-bond donors (Lipinski definition) is 5. The van der Waals surface area contributed by atoms with Crippen LogP contribution < -0.4 is 22.5 Å². The maximum Gasteiger partial charge on any atom is 0.193 e. The highest BCUT2D eigenvalue weighted by Crippen LogP contribution is 2.57. The van der Waals surface area contributed by atoms with Crippen molar-refractivity contribution in [1.29, 1.82) is 5.41 Å². The van der Waals surface area contributed by atoms with Crippen LogP contribution >= 0.6 is 0 Å². The zero-order chi connectivity index (χ0) is 18.0. The van der Waals surface area contributed by atoms with E-state index in [0.29, 0.717) is 5.96 Å². The SMILES string of the molecule is Cc1ccccc1NC(N)=NC12CC3CC(CC(C3)C1)C2.N=C(N)N. The molecule has 4 fully saturated rings. The zero-order valence-corrected chi connectivity index (χ0v) is 15.0. The normalized spacial score (nSPS) is 32.7. The summed E-state index contributed by atoms with van der Waals surface area (Å²) in [4.78, 5) is 4.99. The Morgan fingerprint density at radius 3 is 2.00 bits per heavy atom. The third-order valence-corrected chi connectivity index (χ3v) is 5.77. The molecule has 6 nitrogen and oxygen atoms in total. The molecule has 1 aromatic rings. The lowest BCUT2D eigenvalue weighted by Crippen LogP contribution is -2.50. The van der Waals surface area contributed by atoms with E-state index in [2.05, 4.69) is 35.8 Å². The van der Waals surface area contributed by atoms with Gasteiger partial charge in [-0.2, -0.15) is 0 Å². The second kappa shape index (κ2) is 6.94. The number of nitrogens with one attached hydrogen (secondary N) is 2. The summed E-state index contributed by atoms with van der Waals surface area (Å²) in [5, 5.41) is 9.37. The fourth-order valence-corrected chi connectivity index (χ4v) is 5.34. The molecule has 4 bridgehead atoms. The predicted molar refractivity (Wildman–Crippen MR) is 103 cm³/mol. The average molecular weight is 342 g/mol. The van der Waals surface area contributed by atoms with E-state index in [1.807, 2.05) is 12.1 Å². The first-order chi connectivity index (χ1) is 11.8. The van der Waals surface area contributed by atoms with Gasteiger partial charge in [0.1, 0.15) is 0 Å². The summed E-state index contributed by atoms with van der Waals surface area (Å²) in [6.45, 7) is 2.10. The van der Waals surface area contributed by atoms with Crippen LogP contribution in [-0.4, -0.2) is 17.5 Å². The topological polar surface area (TPSA) is 126 Å². The van der Waals surface area contributed by atoms with Gasteiger partial charge in [-0.05, 0) is 74.8 Å². The van der Waals surface area contributed by atoms with Crippen molar-refractivity contribution in [3.05, 3.63) is 29.8 Å². The monoisotopic (exact) mass is 342 g/mol. The molecule has 4 aliphatic rings. The predicted octanol–water partition coefficient (Wildman–Crippen LogP) is 2.53. The van der Waals surface area contributed by atoms with Crippen molar-refractivity contribution in [2.24, 2.45) is 39.9 Å². The number of aliphatic imine (C=N–C) groups is 1. The van der Waals surface area contributed by atoms with Crippen molar-refractivity contribution in [2.75, 3.05) is 5.32 Å². The Hall–Kier alpha value is -2.24. The Bertz CT molecular complexity index is 626. The van der Waals surface area contributed by atoms with Gasteiger partial charge in [-0.1, -0.05) is 18.2 Å². The van der Waals surface area contributed by atoms with Crippen LogP contribution in [0.1, 0.15) is 44.1 Å². The molecule has 8 N–H and O–H groups in total. The van der Waals surface area contributed by atoms with E-state index in [1.54, 1.807) is 0 Å².